The molecule has 8 heteroatoms. The minimum Gasteiger partial charge on any atom is -0.491 e. The Morgan fingerprint density at radius 2 is 2.03 bits per heavy atom. The first-order valence-electron chi connectivity index (χ1n) is 9.83. The van der Waals surface area contributed by atoms with Gasteiger partial charge >= 0.3 is 0 Å². The largest absolute Gasteiger partial charge is 0.491 e. The topological polar surface area (TPSA) is 83.9 Å². The summed E-state index contributed by atoms with van der Waals surface area (Å²) in [5.41, 5.74) is 1.42. The molecule has 1 fully saturated rings. The van der Waals surface area contributed by atoms with Crippen LogP contribution in [0.2, 0.25) is 5.02 Å². The SMILES string of the molecule is CC(=O)c1cccc(OCC(O)CN(Cc2ccccc2Cl)C2CCS(=O)(=O)C2)c1. The van der Waals surface area contributed by atoms with E-state index in [4.69, 9.17) is 16.3 Å². The lowest BCUT2D eigenvalue weighted by molar-refractivity contribution is 0.0524. The van der Waals surface area contributed by atoms with Crippen LogP contribution in [0.15, 0.2) is 48.5 Å². The van der Waals surface area contributed by atoms with Crippen LogP contribution in [0, 0.1) is 0 Å². The van der Waals surface area contributed by atoms with Crippen LogP contribution >= 0.6 is 11.6 Å². The van der Waals surface area contributed by atoms with E-state index in [2.05, 4.69) is 0 Å². The third kappa shape index (κ3) is 6.28. The van der Waals surface area contributed by atoms with Gasteiger partial charge < -0.3 is 9.84 Å². The number of Topliss-reactive ketones (excluding diaryl/α,β-unsaturated/α-hetero) is 1. The van der Waals surface area contributed by atoms with Crippen molar-refractivity contribution in [2.24, 2.45) is 0 Å². The molecule has 1 aliphatic rings. The molecule has 1 heterocycles. The predicted molar refractivity (Wildman–Crippen MR) is 117 cm³/mol. The molecule has 162 valence electrons. The van der Waals surface area contributed by atoms with Gasteiger partial charge in [-0.25, -0.2) is 8.42 Å². The highest BCUT2D eigenvalue weighted by Gasteiger charge is 2.33. The molecule has 2 atom stereocenters. The smallest absolute Gasteiger partial charge is 0.159 e. The van der Waals surface area contributed by atoms with E-state index < -0.39 is 15.9 Å². The second kappa shape index (κ2) is 9.92. The molecule has 0 saturated carbocycles. The van der Waals surface area contributed by atoms with Gasteiger partial charge in [-0.2, -0.15) is 0 Å². The first-order valence-corrected chi connectivity index (χ1v) is 12.0. The van der Waals surface area contributed by atoms with Crippen molar-refractivity contribution in [3.05, 3.63) is 64.7 Å². The molecule has 6 nitrogen and oxygen atoms in total. The second-order valence-corrected chi connectivity index (χ2v) is 10.3. The monoisotopic (exact) mass is 451 g/mol. The number of ketones is 1. The number of hydrogen-bond donors (Lipinski definition) is 1. The maximum atomic E-state index is 12.0. The standard InChI is InChI=1S/C22H26ClNO5S/c1-16(25)17-6-4-7-21(11-17)29-14-20(26)13-24(19-9-10-30(27,28)15-19)12-18-5-2-3-8-22(18)23/h2-8,11,19-20,26H,9-10,12-15H2,1H3. The van der Waals surface area contributed by atoms with Crippen molar-refractivity contribution in [3.63, 3.8) is 0 Å². The average molecular weight is 452 g/mol. The van der Waals surface area contributed by atoms with Crippen LogP contribution in [0.5, 0.6) is 5.75 Å². The number of hydrogen-bond acceptors (Lipinski definition) is 6. The molecular weight excluding hydrogens is 426 g/mol. The van der Waals surface area contributed by atoms with E-state index in [1.54, 1.807) is 30.3 Å². The van der Waals surface area contributed by atoms with E-state index in [1.807, 2.05) is 23.1 Å². The number of halogens is 1. The van der Waals surface area contributed by atoms with E-state index in [0.717, 1.165) is 5.56 Å². The normalized spacial score (nSPS) is 19.0. The summed E-state index contributed by atoms with van der Waals surface area (Å²) in [7, 11) is -3.07. The highest BCUT2D eigenvalue weighted by Crippen LogP contribution is 2.24. The van der Waals surface area contributed by atoms with Gasteiger partial charge in [-0.15, -0.1) is 0 Å². The molecule has 2 aromatic carbocycles. The number of nitrogens with zero attached hydrogens (tertiary/aromatic N) is 1. The zero-order chi connectivity index (χ0) is 21.7. The van der Waals surface area contributed by atoms with E-state index in [-0.39, 0.29) is 36.5 Å². The van der Waals surface area contributed by atoms with Crippen LogP contribution < -0.4 is 4.74 Å². The summed E-state index contributed by atoms with van der Waals surface area (Å²) in [6, 6.07) is 14.0. The number of rotatable bonds is 9. The first kappa shape index (κ1) is 22.7. The van der Waals surface area contributed by atoms with Crippen molar-refractivity contribution in [2.75, 3.05) is 24.7 Å². The summed E-state index contributed by atoms with van der Waals surface area (Å²) >= 11 is 6.29. The van der Waals surface area contributed by atoms with Gasteiger partial charge in [-0.1, -0.05) is 41.9 Å². The van der Waals surface area contributed by atoms with Crippen LogP contribution in [-0.2, 0) is 16.4 Å². The van der Waals surface area contributed by atoms with Gasteiger partial charge in [0.25, 0.3) is 0 Å². The molecule has 3 rings (SSSR count). The van der Waals surface area contributed by atoms with Gasteiger partial charge in [0.2, 0.25) is 0 Å². The lowest BCUT2D eigenvalue weighted by Gasteiger charge is -2.30. The molecule has 30 heavy (non-hydrogen) atoms. The minimum atomic E-state index is -3.07. The number of sulfone groups is 1. The number of carbonyl (C=O) groups is 1. The van der Waals surface area contributed by atoms with Crippen molar-refractivity contribution in [1.82, 2.24) is 4.90 Å². The van der Waals surface area contributed by atoms with Gasteiger partial charge in [0, 0.05) is 29.7 Å². The fourth-order valence-electron chi connectivity index (χ4n) is 3.57. The van der Waals surface area contributed by atoms with E-state index >= 15 is 0 Å². The van der Waals surface area contributed by atoms with Crippen molar-refractivity contribution < 1.29 is 23.1 Å². The first-order chi connectivity index (χ1) is 14.2. The van der Waals surface area contributed by atoms with E-state index in [9.17, 15) is 18.3 Å². The summed E-state index contributed by atoms with van der Waals surface area (Å²) < 4.78 is 29.6. The summed E-state index contributed by atoms with van der Waals surface area (Å²) in [6.45, 7) is 2.20. The molecular formula is C22H26ClNO5S. The molecule has 0 amide bonds. The fourth-order valence-corrected chi connectivity index (χ4v) is 5.53. The lowest BCUT2D eigenvalue weighted by Crippen LogP contribution is -2.42. The van der Waals surface area contributed by atoms with Crippen molar-refractivity contribution in [3.8, 4) is 5.75 Å². The highest BCUT2D eigenvalue weighted by atomic mass is 35.5. The zero-order valence-electron chi connectivity index (χ0n) is 16.8. The van der Waals surface area contributed by atoms with Crippen molar-refractivity contribution in [1.29, 1.82) is 0 Å². The Labute approximate surface area is 182 Å². The fraction of sp³-hybridized carbons (Fsp3) is 0.409. The Balaban J connectivity index is 1.67. The van der Waals surface area contributed by atoms with Crippen LogP contribution in [0.25, 0.3) is 0 Å². The van der Waals surface area contributed by atoms with E-state index in [0.29, 0.717) is 29.3 Å². The van der Waals surface area contributed by atoms with Crippen LogP contribution in [-0.4, -0.2) is 61.0 Å². The summed E-state index contributed by atoms with van der Waals surface area (Å²) in [5, 5.41) is 11.2. The Hall–Kier alpha value is -1.93. The number of ether oxygens (including phenoxy) is 1. The minimum absolute atomic E-state index is 0.0276. The number of benzene rings is 2. The molecule has 0 radical (unpaired) electrons. The molecule has 1 N–H and O–H groups in total. The highest BCUT2D eigenvalue weighted by molar-refractivity contribution is 7.91. The quantitative estimate of drug-likeness (QED) is 0.590. The van der Waals surface area contributed by atoms with Crippen LogP contribution in [0.3, 0.4) is 0 Å². The van der Waals surface area contributed by atoms with Crippen molar-refractivity contribution >= 4 is 27.2 Å². The summed E-state index contributed by atoms with van der Waals surface area (Å²) in [5.74, 6) is 0.671. The summed E-state index contributed by atoms with van der Waals surface area (Å²) in [6.07, 6.45) is -0.308. The molecule has 0 bridgehead atoms. The third-order valence-electron chi connectivity index (χ3n) is 5.18. The van der Waals surface area contributed by atoms with E-state index in [1.165, 1.54) is 6.92 Å². The zero-order valence-corrected chi connectivity index (χ0v) is 18.4. The Morgan fingerprint density at radius 3 is 2.70 bits per heavy atom. The molecule has 0 aromatic heterocycles. The van der Waals surface area contributed by atoms with Crippen LogP contribution in [0.1, 0.15) is 29.3 Å². The molecule has 0 aliphatic carbocycles. The summed E-state index contributed by atoms with van der Waals surface area (Å²) in [4.78, 5) is 13.5. The number of aliphatic hydroxyl groups excluding tert-OH is 1. The number of aliphatic hydroxyl groups is 1. The maximum Gasteiger partial charge on any atom is 0.159 e. The lowest BCUT2D eigenvalue weighted by atomic mass is 10.1. The Kier molecular flexibility index (Phi) is 7.52. The maximum absolute atomic E-state index is 12.0. The molecule has 0 spiro atoms. The predicted octanol–water partition coefficient (Wildman–Crippen LogP) is 2.97. The third-order valence-corrected chi connectivity index (χ3v) is 7.30. The Morgan fingerprint density at radius 1 is 1.27 bits per heavy atom. The molecule has 1 saturated heterocycles. The number of carbonyl (C=O) groups excluding carboxylic acids is 1. The van der Waals surface area contributed by atoms with Gasteiger partial charge in [0.15, 0.2) is 15.6 Å². The van der Waals surface area contributed by atoms with Gasteiger partial charge in [0.1, 0.15) is 18.5 Å². The van der Waals surface area contributed by atoms with Crippen molar-refractivity contribution in [2.45, 2.75) is 32.0 Å². The average Bonchev–Trinajstić information content (AvgIpc) is 3.07. The second-order valence-electron chi connectivity index (χ2n) is 7.63. The van der Waals surface area contributed by atoms with Gasteiger partial charge in [-0.05, 0) is 37.1 Å². The van der Waals surface area contributed by atoms with Gasteiger partial charge in [-0.3, -0.25) is 9.69 Å². The molecule has 2 unspecified atom stereocenters. The Bertz CT molecular complexity index is 995. The molecule has 1 aliphatic heterocycles. The molecule has 2 aromatic rings. The van der Waals surface area contributed by atoms with Crippen LogP contribution in [0.4, 0.5) is 0 Å². The van der Waals surface area contributed by atoms with Gasteiger partial charge in [0.05, 0.1) is 11.5 Å².